The smallest absolute Gasteiger partial charge is 0.128 e. The molecule has 2 heterocycles. The van der Waals surface area contributed by atoms with Gasteiger partial charge in [0, 0.05) is 38.4 Å². The molecule has 0 unspecified atom stereocenters. The summed E-state index contributed by atoms with van der Waals surface area (Å²) in [6, 6.07) is 6.46. The van der Waals surface area contributed by atoms with Crippen LogP contribution in [0.3, 0.4) is 0 Å². The number of aromatic nitrogens is 1. The highest BCUT2D eigenvalue weighted by Crippen LogP contribution is 2.26. The van der Waals surface area contributed by atoms with Gasteiger partial charge >= 0.3 is 0 Å². The maximum Gasteiger partial charge on any atom is 0.128 e. The van der Waals surface area contributed by atoms with Crippen molar-refractivity contribution in [1.82, 2.24) is 9.88 Å². The molecule has 17 heavy (non-hydrogen) atoms. The van der Waals surface area contributed by atoms with Crippen molar-refractivity contribution < 1.29 is 5.11 Å². The van der Waals surface area contributed by atoms with Crippen LogP contribution in [0.2, 0.25) is 0 Å². The van der Waals surface area contributed by atoms with Crippen LogP contribution in [0.5, 0.6) is 0 Å². The van der Waals surface area contributed by atoms with Gasteiger partial charge in [0.25, 0.3) is 0 Å². The van der Waals surface area contributed by atoms with Crippen LogP contribution in [0.25, 0.3) is 0 Å². The van der Waals surface area contributed by atoms with E-state index in [9.17, 15) is 5.11 Å². The molecule has 0 spiro atoms. The molecule has 4 heteroatoms. The molecule has 1 aromatic rings. The third-order valence-electron chi connectivity index (χ3n) is 3.96. The first kappa shape index (κ1) is 11.0. The van der Waals surface area contributed by atoms with E-state index in [0.29, 0.717) is 6.04 Å². The number of anilines is 1. The molecular formula is C13H19N3O. The van der Waals surface area contributed by atoms with E-state index in [-0.39, 0.29) is 6.10 Å². The fraction of sp³-hybridized carbons (Fsp3) is 0.615. The van der Waals surface area contributed by atoms with Crippen molar-refractivity contribution >= 4 is 5.82 Å². The zero-order valence-electron chi connectivity index (χ0n) is 10.00. The fourth-order valence-electron chi connectivity index (χ4n) is 2.71. The van der Waals surface area contributed by atoms with E-state index >= 15 is 0 Å². The number of hydrogen-bond acceptors (Lipinski definition) is 4. The van der Waals surface area contributed by atoms with Crippen LogP contribution < -0.4 is 4.90 Å². The highest BCUT2D eigenvalue weighted by Gasteiger charge is 2.35. The minimum Gasteiger partial charge on any atom is -0.391 e. The van der Waals surface area contributed by atoms with E-state index in [2.05, 4.69) is 20.9 Å². The predicted molar refractivity (Wildman–Crippen MR) is 67.1 cm³/mol. The number of pyridine rings is 1. The highest BCUT2D eigenvalue weighted by atomic mass is 16.3. The molecule has 1 aliphatic heterocycles. The Morgan fingerprint density at radius 2 is 1.94 bits per heavy atom. The Balaban J connectivity index is 1.57. The molecule has 0 aromatic carbocycles. The first-order valence-corrected chi connectivity index (χ1v) is 6.43. The number of rotatable bonds is 2. The number of hydrogen-bond donors (Lipinski definition) is 1. The number of aliphatic hydroxyl groups is 1. The van der Waals surface area contributed by atoms with Gasteiger partial charge in [0.2, 0.25) is 0 Å². The molecule has 2 fully saturated rings. The second kappa shape index (κ2) is 4.63. The third kappa shape index (κ3) is 2.15. The molecule has 4 nitrogen and oxygen atoms in total. The minimum absolute atomic E-state index is 0.0867. The minimum atomic E-state index is -0.0867. The summed E-state index contributed by atoms with van der Waals surface area (Å²) in [6.45, 7) is 4.11. The molecular weight excluding hydrogens is 214 g/mol. The first-order valence-electron chi connectivity index (χ1n) is 6.43. The molecule has 0 amide bonds. The van der Waals surface area contributed by atoms with Gasteiger partial charge in [-0.15, -0.1) is 0 Å². The number of nitrogens with zero attached hydrogens (tertiary/aromatic N) is 3. The van der Waals surface area contributed by atoms with Crippen molar-refractivity contribution in [3.63, 3.8) is 0 Å². The second-order valence-corrected chi connectivity index (χ2v) is 4.92. The van der Waals surface area contributed by atoms with E-state index in [4.69, 9.17) is 0 Å². The quantitative estimate of drug-likeness (QED) is 0.817. The van der Waals surface area contributed by atoms with Crippen LogP contribution in [-0.2, 0) is 0 Å². The maximum atomic E-state index is 9.68. The van der Waals surface area contributed by atoms with Gasteiger partial charge in [-0.2, -0.15) is 0 Å². The predicted octanol–water partition coefficient (Wildman–Crippen LogP) is 0.727. The molecule has 1 aromatic heterocycles. The van der Waals surface area contributed by atoms with E-state index in [1.54, 1.807) is 0 Å². The topological polar surface area (TPSA) is 39.6 Å². The number of aliphatic hydroxyl groups excluding tert-OH is 1. The molecule has 0 bridgehead atoms. The summed E-state index contributed by atoms with van der Waals surface area (Å²) in [5.41, 5.74) is 0. The van der Waals surface area contributed by atoms with Crippen molar-refractivity contribution in [2.24, 2.45) is 0 Å². The van der Waals surface area contributed by atoms with Crippen LogP contribution in [0.4, 0.5) is 5.82 Å². The van der Waals surface area contributed by atoms with Crippen molar-refractivity contribution in [3.8, 4) is 0 Å². The summed E-state index contributed by atoms with van der Waals surface area (Å²) in [6.07, 6.45) is 3.89. The monoisotopic (exact) mass is 233 g/mol. The van der Waals surface area contributed by atoms with E-state index in [0.717, 1.165) is 44.8 Å². The summed E-state index contributed by atoms with van der Waals surface area (Å²) >= 11 is 0. The average Bonchev–Trinajstić information content (AvgIpc) is 2.39. The number of piperazine rings is 1. The van der Waals surface area contributed by atoms with Crippen molar-refractivity contribution in [2.75, 3.05) is 31.1 Å². The molecule has 92 valence electrons. The Labute approximate surface area is 102 Å². The Bertz CT molecular complexity index is 362. The van der Waals surface area contributed by atoms with Crippen molar-refractivity contribution in [2.45, 2.75) is 25.0 Å². The SMILES string of the molecule is O[C@@H]1CC[C@H]1N1CCN(c2ccccn2)CC1. The molecule has 2 aliphatic rings. The van der Waals surface area contributed by atoms with Crippen LogP contribution in [0.1, 0.15) is 12.8 Å². The van der Waals surface area contributed by atoms with Gasteiger partial charge in [-0.3, -0.25) is 4.90 Å². The summed E-state index contributed by atoms with van der Waals surface area (Å²) < 4.78 is 0. The average molecular weight is 233 g/mol. The largest absolute Gasteiger partial charge is 0.391 e. The van der Waals surface area contributed by atoms with Gasteiger partial charge in [-0.1, -0.05) is 6.07 Å². The maximum absolute atomic E-state index is 9.68. The highest BCUT2D eigenvalue weighted by molar-refractivity contribution is 5.38. The normalized spacial score (nSPS) is 30.1. The molecule has 3 rings (SSSR count). The van der Waals surface area contributed by atoms with E-state index in [1.807, 2.05) is 18.3 Å². The van der Waals surface area contributed by atoms with Crippen LogP contribution in [-0.4, -0.2) is 53.3 Å². The Kier molecular flexibility index (Phi) is 2.99. The molecule has 1 saturated carbocycles. The second-order valence-electron chi connectivity index (χ2n) is 4.92. The third-order valence-corrected chi connectivity index (χ3v) is 3.96. The van der Waals surface area contributed by atoms with Gasteiger partial charge in [-0.05, 0) is 25.0 Å². The molecule has 0 radical (unpaired) electrons. The van der Waals surface area contributed by atoms with E-state index < -0.39 is 0 Å². The zero-order valence-corrected chi connectivity index (χ0v) is 10.00. The fourth-order valence-corrected chi connectivity index (χ4v) is 2.71. The van der Waals surface area contributed by atoms with Crippen molar-refractivity contribution in [3.05, 3.63) is 24.4 Å². The first-order chi connectivity index (χ1) is 8.34. The van der Waals surface area contributed by atoms with Crippen LogP contribution in [0, 0.1) is 0 Å². The van der Waals surface area contributed by atoms with E-state index in [1.165, 1.54) is 0 Å². The molecule has 1 saturated heterocycles. The zero-order chi connectivity index (χ0) is 11.7. The standard InChI is InChI=1S/C13H19N3O/c17-12-5-4-11(12)15-7-9-16(10-8-15)13-3-1-2-6-14-13/h1-3,6,11-12,17H,4-5,7-10H2/t11-,12-/m1/s1. The van der Waals surface area contributed by atoms with Gasteiger partial charge in [0.05, 0.1) is 6.10 Å². The van der Waals surface area contributed by atoms with Gasteiger partial charge < -0.3 is 10.0 Å². The summed E-state index contributed by atoms with van der Waals surface area (Å²) in [5.74, 6) is 1.07. The van der Waals surface area contributed by atoms with Crippen molar-refractivity contribution in [1.29, 1.82) is 0 Å². The van der Waals surface area contributed by atoms with Crippen LogP contribution >= 0.6 is 0 Å². The lowest BCUT2D eigenvalue weighted by atomic mass is 9.87. The van der Waals surface area contributed by atoms with Gasteiger partial charge in [0.15, 0.2) is 0 Å². The van der Waals surface area contributed by atoms with Gasteiger partial charge in [0.1, 0.15) is 5.82 Å². The summed E-state index contributed by atoms with van der Waals surface area (Å²) in [5, 5.41) is 9.68. The molecule has 1 N–H and O–H groups in total. The lowest BCUT2D eigenvalue weighted by Crippen LogP contribution is -2.57. The lowest BCUT2D eigenvalue weighted by Gasteiger charge is -2.45. The summed E-state index contributed by atoms with van der Waals surface area (Å²) in [7, 11) is 0. The molecule has 1 aliphatic carbocycles. The Hall–Kier alpha value is -1.13. The lowest BCUT2D eigenvalue weighted by molar-refractivity contribution is -0.0230. The summed E-state index contributed by atoms with van der Waals surface area (Å²) in [4.78, 5) is 9.12. The Morgan fingerprint density at radius 3 is 2.47 bits per heavy atom. The van der Waals surface area contributed by atoms with Gasteiger partial charge in [-0.25, -0.2) is 4.98 Å². The Morgan fingerprint density at radius 1 is 1.12 bits per heavy atom. The molecule has 2 atom stereocenters. The van der Waals surface area contributed by atoms with Crippen LogP contribution in [0.15, 0.2) is 24.4 Å².